The van der Waals surface area contributed by atoms with Gasteiger partial charge in [0.05, 0.1) is 33.3 Å². The smallest absolute Gasteiger partial charge is 0.201 e. The van der Waals surface area contributed by atoms with E-state index < -0.39 is 0 Å². The molecular weight excluding hydrogens is 309 g/mol. The second-order valence-corrected chi connectivity index (χ2v) is 5.90. The molecule has 0 saturated heterocycles. The Labute approximate surface area is 132 Å². The fourth-order valence-corrected chi connectivity index (χ4v) is 2.83. The summed E-state index contributed by atoms with van der Waals surface area (Å²) in [7, 11) is 1.93. The molecular formula is C14H15Cl2N5. The van der Waals surface area contributed by atoms with E-state index in [1.165, 1.54) is 0 Å². The van der Waals surface area contributed by atoms with Crippen LogP contribution in [-0.2, 0) is 13.6 Å². The molecule has 2 aromatic heterocycles. The summed E-state index contributed by atoms with van der Waals surface area (Å²) in [5, 5.41) is 5.39. The molecule has 0 amide bonds. The number of benzene rings is 1. The highest BCUT2D eigenvalue weighted by molar-refractivity contribution is 6.42. The average Bonchev–Trinajstić information content (AvgIpc) is 2.83. The number of fused-ring (bicyclic) bond motifs is 1. The van der Waals surface area contributed by atoms with Crippen LogP contribution in [-0.4, -0.2) is 19.3 Å². The molecule has 7 heteroatoms. The van der Waals surface area contributed by atoms with Crippen molar-refractivity contribution >= 4 is 40.2 Å². The van der Waals surface area contributed by atoms with Gasteiger partial charge in [-0.25, -0.2) is 4.98 Å². The number of nitrogen functional groups attached to an aromatic ring is 1. The van der Waals surface area contributed by atoms with Gasteiger partial charge in [0.25, 0.3) is 0 Å². The summed E-state index contributed by atoms with van der Waals surface area (Å²) in [6.07, 6.45) is 0. The minimum Gasteiger partial charge on any atom is -0.369 e. The molecule has 2 N–H and O–H groups in total. The minimum absolute atomic E-state index is 0.436. The first-order chi connectivity index (χ1) is 9.88. The van der Waals surface area contributed by atoms with E-state index in [2.05, 4.69) is 10.1 Å². The molecule has 0 atom stereocenters. The fraction of sp³-hybridized carbons (Fsp3) is 0.286. The van der Waals surface area contributed by atoms with Gasteiger partial charge in [-0.05, 0) is 26.0 Å². The molecule has 0 aliphatic carbocycles. The van der Waals surface area contributed by atoms with E-state index in [0.717, 1.165) is 28.0 Å². The highest BCUT2D eigenvalue weighted by Gasteiger charge is 2.15. The Morgan fingerprint density at radius 3 is 2.48 bits per heavy atom. The lowest BCUT2D eigenvalue weighted by molar-refractivity contribution is 0.728. The summed E-state index contributed by atoms with van der Waals surface area (Å²) in [5.41, 5.74) is 10.9. The van der Waals surface area contributed by atoms with E-state index in [-0.39, 0.29) is 0 Å². The fourth-order valence-electron chi connectivity index (χ4n) is 2.51. The van der Waals surface area contributed by atoms with Crippen LogP contribution in [0.15, 0.2) is 12.1 Å². The van der Waals surface area contributed by atoms with Crippen LogP contribution in [0.5, 0.6) is 0 Å². The number of aryl methyl sites for hydroxylation is 2. The lowest BCUT2D eigenvalue weighted by atomic mass is 10.2. The molecule has 0 radical (unpaired) electrons. The number of hydrogen-bond donors (Lipinski definition) is 1. The number of anilines is 1. The van der Waals surface area contributed by atoms with Crippen molar-refractivity contribution < 1.29 is 0 Å². The van der Waals surface area contributed by atoms with Gasteiger partial charge in [-0.15, -0.1) is 0 Å². The van der Waals surface area contributed by atoms with Crippen molar-refractivity contribution in [2.24, 2.45) is 7.05 Å². The number of aromatic nitrogens is 4. The average molecular weight is 324 g/mol. The van der Waals surface area contributed by atoms with Gasteiger partial charge in [0.15, 0.2) is 0 Å². The van der Waals surface area contributed by atoms with Crippen LogP contribution in [0.2, 0.25) is 10.0 Å². The topological polar surface area (TPSA) is 61.7 Å². The van der Waals surface area contributed by atoms with Crippen molar-refractivity contribution in [2.45, 2.75) is 20.4 Å². The Balaban J connectivity index is 2.16. The summed E-state index contributed by atoms with van der Waals surface area (Å²) < 4.78 is 3.79. The molecule has 21 heavy (non-hydrogen) atoms. The maximum Gasteiger partial charge on any atom is 0.201 e. The molecule has 5 nitrogen and oxygen atoms in total. The molecule has 0 aliphatic rings. The highest BCUT2D eigenvalue weighted by atomic mass is 35.5. The van der Waals surface area contributed by atoms with Gasteiger partial charge in [0, 0.05) is 18.3 Å². The number of rotatable bonds is 2. The number of nitrogens with two attached hydrogens (primary N) is 1. The maximum absolute atomic E-state index is 6.11. The van der Waals surface area contributed by atoms with Gasteiger partial charge < -0.3 is 10.3 Å². The van der Waals surface area contributed by atoms with Crippen LogP contribution in [0.3, 0.4) is 0 Å². The Morgan fingerprint density at radius 2 is 1.86 bits per heavy atom. The van der Waals surface area contributed by atoms with Crippen molar-refractivity contribution in [3.8, 4) is 0 Å². The van der Waals surface area contributed by atoms with E-state index in [0.29, 0.717) is 22.5 Å². The van der Waals surface area contributed by atoms with Gasteiger partial charge in [-0.1, -0.05) is 23.2 Å². The number of hydrogen-bond acceptors (Lipinski definition) is 3. The van der Waals surface area contributed by atoms with E-state index in [1.54, 1.807) is 12.1 Å². The van der Waals surface area contributed by atoms with Crippen molar-refractivity contribution in [3.63, 3.8) is 0 Å². The van der Waals surface area contributed by atoms with E-state index >= 15 is 0 Å². The molecule has 0 unspecified atom stereocenters. The quantitative estimate of drug-likeness (QED) is 0.786. The number of nitrogens with zero attached hydrogens (tertiary/aromatic N) is 4. The molecule has 0 aliphatic heterocycles. The monoisotopic (exact) mass is 323 g/mol. The Morgan fingerprint density at radius 1 is 1.19 bits per heavy atom. The normalized spacial score (nSPS) is 11.5. The summed E-state index contributed by atoms with van der Waals surface area (Å²) in [5.74, 6) is 0.436. The predicted molar refractivity (Wildman–Crippen MR) is 85.9 cm³/mol. The molecule has 3 rings (SSSR count). The number of imidazole rings is 1. The first-order valence-corrected chi connectivity index (χ1v) is 7.24. The summed E-state index contributed by atoms with van der Waals surface area (Å²) >= 11 is 12.1. The van der Waals surface area contributed by atoms with Crippen LogP contribution in [0.25, 0.3) is 11.0 Å². The molecule has 0 saturated carbocycles. The Bertz CT molecular complexity index is 847. The maximum atomic E-state index is 6.11. The molecule has 2 heterocycles. The SMILES string of the molecule is Cc1nn(C)c(C)c1Cn1c(N)nc2cc(Cl)c(Cl)cc21. The minimum atomic E-state index is 0.436. The van der Waals surface area contributed by atoms with Crippen molar-refractivity contribution in [1.29, 1.82) is 0 Å². The first-order valence-electron chi connectivity index (χ1n) is 6.48. The third-order valence-electron chi connectivity index (χ3n) is 3.79. The van der Waals surface area contributed by atoms with Gasteiger partial charge in [-0.2, -0.15) is 5.10 Å². The van der Waals surface area contributed by atoms with Gasteiger partial charge in [0.2, 0.25) is 5.95 Å². The zero-order valence-corrected chi connectivity index (χ0v) is 13.5. The van der Waals surface area contributed by atoms with E-state index in [1.807, 2.05) is 30.1 Å². The second-order valence-electron chi connectivity index (χ2n) is 5.08. The Kier molecular flexibility index (Phi) is 3.34. The van der Waals surface area contributed by atoms with E-state index in [9.17, 15) is 0 Å². The molecule has 3 aromatic rings. The number of halogens is 2. The summed E-state index contributed by atoms with van der Waals surface area (Å²) in [4.78, 5) is 4.35. The zero-order chi connectivity index (χ0) is 15.3. The van der Waals surface area contributed by atoms with Crippen LogP contribution in [0.4, 0.5) is 5.95 Å². The third kappa shape index (κ3) is 2.26. The van der Waals surface area contributed by atoms with Crippen molar-refractivity contribution in [3.05, 3.63) is 39.1 Å². The van der Waals surface area contributed by atoms with Gasteiger partial charge in [0.1, 0.15) is 0 Å². The van der Waals surface area contributed by atoms with E-state index in [4.69, 9.17) is 28.9 Å². The molecule has 0 spiro atoms. The molecule has 0 bridgehead atoms. The van der Waals surface area contributed by atoms with Crippen LogP contribution in [0, 0.1) is 13.8 Å². The van der Waals surface area contributed by atoms with Gasteiger partial charge in [-0.3, -0.25) is 4.68 Å². The highest BCUT2D eigenvalue weighted by Crippen LogP contribution is 2.30. The standard InChI is InChI=1S/C14H15Cl2N5/c1-7-9(8(2)20(3)19-7)6-21-13-5-11(16)10(15)4-12(13)18-14(21)17/h4-5H,6H2,1-3H3,(H2,17,18). The Hall–Kier alpha value is -1.72. The summed E-state index contributed by atoms with van der Waals surface area (Å²) in [6.45, 7) is 4.63. The molecule has 0 fully saturated rings. The third-order valence-corrected chi connectivity index (χ3v) is 4.52. The molecule has 110 valence electrons. The van der Waals surface area contributed by atoms with Crippen LogP contribution < -0.4 is 5.73 Å². The lowest BCUT2D eigenvalue weighted by Crippen LogP contribution is -2.06. The first kappa shape index (κ1) is 14.2. The second kappa shape index (κ2) is 4.93. The van der Waals surface area contributed by atoms with Crippen molar-refractivity contribution in [1.82, 2.24) is 19.3 Å². The zero-order valence-electron chi connectivity index (χ0n) is 12.0. The van der Waals surface area contributed by atoms with Crippen molar-refractivity contribution in [2.75, 3.05) is 5.73 Å². The van der Waals surface area contributed by atoms with Crippen LogP contribution >= 0.6 is 23.2 Å². The predicted octanol–water partition coefficient (Wildman–Crippen LogP) is 3.32. The van der Waals surface area contributed by atoms with Crippen LogP contribution in [0.1, 0.15) is 17.0 Å². The lowest BCUT2D eigenvalue weighted by Gasteiger charge is -2.08. The molecule has 1 aromatic carbocycles. The summed E-state index contributed by atoms with van der Waals surface area (Å²) in [6, 6.07) is 3.53. The van der Waals surface area contributed by atoms with Gasteiger partial charge >= 0.3 is 0 Å². The largest absolute Gasteiger partial charge is 0.369 e.